The number of nitrogens with one attached hydrogen (secondary N) is 1. The Bertz CT molecular complexity index is 219. The Kier molecular flexibility index (Phi) is 6.06. The Balaban J connectivity index is 4.09. The molecule has 0 aliphatic heterocycles. The summed E-state index contributed by atoms with van der Waals surface area (Å²) in [6.45, 7) is 14.1. The molecular weight excluding hydrogens is 198 g/mol. The summed E-state index contributed by atoms with van der Waals surface area (Å²) in [4.78, 5) is 11.4. The first-order chi connectivity index (χ1) is 7.22. The number of hydrogen-bond acceptors (Lipinski definition) is 1. The van der Waals surface area contributed by atoms with E-state index in [-0.39, 0.29) is 11.3 Å². The molecule has 0 heterocycles. The number of rotatable bonds is 7. The maximum absolute atomic E-state index is 11.4. The second kappa shape index (κ2) is 6.27. The van der Waals surface area contributed by atoms with Crippen LogP contribution in [0.3, 0.4) is 0 Å². The van der Waals surface area contributed by atoms with Crippen LogP contribution in [0.15, 0.2) is 0 Å². The summed E-state index contributed by atoms with van der Waals surface area (Å²) in [5.74, 6) is 0.185. The van der Waals surface area contributed by atoms with Gasteiger partial charge in [-0.3, -0.25) is 4.79 Å². The van der Waals surface area contributed by atoms with Gasteiger partial charge in [-0.15, -0.1) is 0 Å². The van der Waals surface area contributed by atoms with Crippen molar-refractivity contribution in [2.75, 3.05) is 6.54 Å². The number of carbonyl (C=O) groups excluding carboxylic acids is 1. The van der Waals surface area contributed by atoms with Gasteiger partial charge < -0.3 is 5.32 Å². The molecule has 2 heteroatoms. The fraction of sp³-hybridized carbons (Fsp3) is 0.929. The van der Waals surface area contributed by atoms with E-state index in [0.29, 0.717) is 11.8 Å². The molecule has 0 aliphatic rings. The second-order valence-electron chi connectivity index (χ2n) is 6.31. The average Bonchev–Trinajstić information content (AvgIpc) is 2.14. The summed E-state index contributed by atoms with van der Waals surface area (Å²) in [5.41, 5.74) is 0.634. The van der Waals surface area contributed by atoms with Gasteiger partial charge in [-0.2, -0.15) is 0 Å². The molecule has 0 unspecified atom stereocenters. The second-order valence-corrected chi connectivity index (χ2v) is 6.31. The Morgan fingerprint density at radius 3 is 2.06 bits per heavy atom. The highest BCUT2D eigenvalue weighted by atomic mass is 16.1. The van der Waals surface area contributed by atoms with Crippen molar-refractivity contribution < 1.29 is 4.79 Å². The van der Waals surface area contributed by atoms with E-state index < -0.39 is 0 Å². The molecule has 0 radical (unpaired) electrons. The molecule has 0 aromatic carbocycles. The molecule has 0 bridgehead atoms. The van der Waals surface area contributed by atoms with Crippen molar-refractivity contribution in [2.45, 2.75) is 67.2 Å². The van der Waals surface area contributed by atoms with Crippen molar-refractivity contribution >= 4 is 5.91 Å². The lowest BCUT2D eigenvalue weighted by Gasteiger charge is -2.34. The van der Waals surface area contributed by atoms with Crippen LogP contribution >= 0.6 is 0 Å². The summed E-state index contributed by atoms with van der Waals surface area (Å²) in [5, 5.41) is 2.86. The van der Waals surface area contributed by atoms with Gasteiger partial charge >= 0.3 is 0 Å². The standard InChI is InChI=1S/C14H29NO/c1-7-13(3,4)11-14(5,6)10-9-12(16)15-8-2/h7-11H2,1-6H3,(H,15,16). The fourth-order valence-corrected chi connectivity index (χ4v) is 2.25. The first-order valence-electron chi connectivity index (χ1n) is 6.49. The monoisotopic (exact) mass is 227 g/mol. The molecule has 0 saturated carbocycles. The van der Waals surface area contributed by atoms with E-state index in [1.165, 1.54) is 12.8 Å². The normalized spacial score (nSPS) is 12.6. The van der Waals surface area contributed by atoms with E-state index in [1.54, 1.807) is 0 Å². The van der Waals surface area contributed by atoms with Crippen molar-refractivity contribution in [3.05, 3.63) is 0 Å². The minimum atomic E-state index is 0.185. The molecule has 0 rings (SSSR count). The van der Waals surface area contributed by atoms with Gasteiger partial charge in [-0.25, -0.2) is 0 Å². The Hall–Kier alpha value is -0.530. The van der Waals surface area contributed by atoms with E-state index >= 15 is 0 Å². The molecular formula is C14H29NO. The Morgan fingerprint density at radius 1 is 1.06 bits per heavy atom. The van der Waals surface area contributed by atoms with E-state index in [2.05, 4.69) is 39.9 Å². The summed E-state index contributed by atoms with van der Waals surface area (Å²) < 4.78 is 0. The highest BCUT2D eigenvalue weighted by Crippen LogP contribution is 2.38. The molecule has 0 saturated heterocycles. The molecule has 1 amide bonds. The summed E-state index contributed by atoms with van der Waals surface area (Å²) in [6, 6.07) is 0. The third kappa shape index (κ3) is 6.86. The van der Waals surface area contributed by atoms with Crippen LogP contribution in [0.4, 0.5) is 0 Å². The van der Waals surface area contributed by atoms with Gasteiger partial charge in [0.25, 0.3) is 0 Å². The lowest BCUT2D eigenvalue weighted by Crippen LogP contribution is -2.27. The molecule has 1 N–H and O–H groups in total. The van der Waals surface area contributed by atoms with Crippen LogP contribution in [0, 0.1) is 10.8 Å². The first kappa shape index (κ1) is 15.5. The van der Waals surface area contributed by atoms with Gasteiger partial charge in [0, 0.05) is 13.0 Å². The molecule has 0 fully saturated rings. The van der Waals surface area contributed by atoms with Gasteiger partial charge in [0.05, 0.1) is 0 Å². The minimum absolute atomic E-state index is 0.185. The number of hydrogen-bond donors (Lipinski definition) is 1. The highest BCUT2D eigenvalue weighted by molar-refractivity contribution is 5.75. The maximum atomic E-state index is 11.4. The van der Waals surface area contributed by atoms with E-state index in [0.717, 1.165) is 13.0 Å². The molecule has 16 heavy (non-hydrogen) atoms. The molecule has 0 spiro atoms. The average molecular weight is 227 g/mol. The first-order valence-corrected chi connectivity index (χ1v) is 6.49. The summed E-state index contributed by atoms with van der Waals surface area (Å²) in [7, 11) is 0. The molecule has 96 valence electrons. The third-order valence-corrected chi connectivity index (χ3v) is 3.32. The predicted molar refractivity (Wildman–Crippen MR) is 70.4 cm³/mol. The largest absolute Gasteiger partial charge is 0.356 e. The van der Waals surface area contributed by atoms with Gasteiger partial charge in [0.1, 0.15) is 0 Å². The van der Waals surface area contributed by atoms with Gasteiger partial charge in [-0.1, -0.05) is 41.0 Å². The fourth-order valence-electron chi connectivity index (χ4n) is 2.25. The SMILES string of the molecule is CCNC(=O)CCC(C)(C)CC(C)(C)CC. The van der Waals surface area contributed by atoms with Crippen LogP contribution in [0.1, 0.15) is 67.2 Å². The topological polar surface area (TPSA) is 29.1 Å². The molecule has 0 atom stereocenters. The van der Waals surface area contributed by atoms with E-state index in [9.17, 15) is 4.79 Å². The molecule has 0 aliphatic carbocycles. The third-order valence-electron chi connectivity index (χ3n) is 3.32. The lowest BCUT2D eigenvalue weighted by molar-refractivity contribution is -0.121. The van der Waals surface area contributed by atoms with Crippen LogP contribution < -0.4 is 5.32 Å². The molecule has 0 aromatic rings. The van der Waals surface area contributed by atoms with Crippen LogP contribution in [0.2, 0.25) is 0 Å². The number of amides is 1. The summed E-state index contributed by atoms with van der Waals surface area (Å²) in [6.07, 6.45) is 4.00. The highest BCUT2D eigenvalue weighted by Gasteiger charge is 2.27. The number of carbonyl (C=O) groups is 1. The molecule has 0 aromatic heterocycles. The van der Waals surface area contributed by atoms with E-state index in [4.69, 9.17) is 0 Å². The van der Waals surface area contributed by atoms with Crippen molar-refractivity contribution in [1.82, 2.24) is 5.32 Å². The van der Waals surface area contributed by atoms with Gasteiger partial charge in [0.2, 0.25) is 5.91 Å². The van der Waals surface area contributed by atoms with Gasteiger partial charge in [-0.05, 0) is 30.6 Å². The zero-order valence-electron chi connectivity index (χ0n) is 11.9. The van der Waals surface area contributed by atoms with Crippen LogP contribution in [0.5, 0.6) is 0 Å². The van der Waals surface area contributed by atoms with Crippen molar-refractivity contribution in [1.29, 1.82) is 0 Å². The Morgan fingerprint density at radius 2 is 1.62 bits per heavy atom. The van der Waals surface area contributed by atoms with Gasteiger partial charge in [0.15, 0.2) is 0 Å². The van der Waals surface area contributed by atoms with E-state index in [1.807, 2.05) is 6.92 Å². The van der Waals surface area contributed by atoms with Crippen molar-refractivity contribution in [3.63, 3.8) is 0 Å². The van der Waals surface area contributed by atoms with Crippen molar-refractivity contribution in [2.24, 2.45) is 10.8 Å². The smallest absolute Gasteiger partial charge is 0.220 e. The molecule has 2 nitrogen and oxygen atoms in total. The lowest BCUT2D eigenvalue weighted by atomic mass is 9.72. The maximum Gasteiger partial charge on any atom is 0.220 e. The quantitative estimate of drug-likeness (QED) is 0.705. The Labute approximate surface area is 101 Å². The zero-order chi connectivity index (χ0) is 12.8. The predicted octanol–water partition coefficient (Wildman–Crippen LogP) is 3.76. The van der Waals surface area contributed by atoms with Crippen LogP contribution in [0.25, 0.3) is 0 Å². The minimum Gasteiger partial charge on any atom is -0.356 e. The van der Waals surface area contributed by atoms with Crippen LogP contribution in [-0.2, 0) is 4.79 Å². The van der Waals surface area contributed by atoms with Crippen LogP contribution in [-0.4, -0.2) is 12.5 Å². The summed E-state index contributed by atoms with van der Waals surface area (Å²) >= 11 is 0. The zero-order valence-corrected chi connectivity index (χ0v) is 11.9. The van der Waals surface area contributed by atoms with Crippen molar-refractivity contribution in [3.8, 4) is 0 Å².